The summed E-state index contributed by atoms with van der Waals surface area (Å²) in [5, 5.41) is 9.61. The second-order valence-electron chi connectivity index (χ2n) is 5.81. The zero-order valence-electron chi connectivity index (χ0n) is 9.98. The maximum atomic E-state index is 11.2. The Bertz CT molecular complexity index is 425. The highest BCUT2D eigenvalue weighted by atomic mass is 16.3. The summed E-state index contributed by atoms with van der Waals surface area (Å²) in [5.74, 6) is 0.356. The number of aromatic hydroxyl groups is 1. The Hall–Kier alpha value is -1.31. The quantitative estimate of drug-likeness (QED) is 0.792. The van der Waals surface area contributed by atoms with Crippen LogP contribution < -0.4 is 0 Å². The molecule has 3 fully saturated rings. The molecule has 4 rings (SSSR count). The third kappa shape index (κ3) is 1.58. The number of carbonyl (C=O) groups excluding carboxylic acids is 1. The molecule has 2 bridgehead atoms. The van der Waals surface area contributed by atoms with Gasteiger partial charge in [-0.1, -0.05) is 12.1 Å². The topological polar surface area (TPSA) is 37.3 Å². The Morgan fingerprint density at radius 3 is 2.24 bits per heavy atom. The van der Waals surface area contributed by atoms with Crippen molar-refractivity contribution in [1.29, 1.82) is 0 Å². The van der Waals surface area contributed by atoms with Crippen LogP contribution in [0.5, 0.6) is 5.75 Å². The molecular weight excluding hydrogens is 212 g/mol. The first kappa shape index (κ1) is 10.8. The highest BCUT2D eigenvalue weighted by Gasteiger charge is 2.49. The van der Waals surface area contributed by atoms with E-state index in [9.17, 15) is 9.90 Å². The van der Waals surface area contributed by atoms with E-state index in [-0.39, 0.29) is 10.8 Å². The number of carbonyl (C=O) groups is 1. The fraction of sp³-hybridized carbons (Fsp3) is 0.533. The van der Waals surface area contributed by atoms with Gasteiger partial charge in [-0.2, -0.15) is 0 Å². The van der Waals surface area contributed by atoms with Crippen LogP contribution in [0.4, 0.5) is 0 Å². The van der Waals surface area contributed by atoms with E-state index in [1.807, 2.05) is 12.1 Å². The predicted octanol–water partition coefficient (Wildman–Crippen LogP) is 3.18. The molecule has 2 heteroatoms. The summed E-state index contributed by atoms with van der Waals surface area (Å²) < 4.78 is 0. The van der Waals surface area contributed by atoms with E-state index in [0.717, 1.165) is 38.5 Å². The molecule has 1 N–H and O–H groups in total. The Balaban J connectivity index is 1.93. The lowest BCUT2D eigenvalue weighted by molar-refractivity contribution is -0.122. The predicted molar refractivity (Wildman–Crippen MR) is 66.0 cm³/mol. The highest BCUT2D eigenvalue weighted by molar-refractivity contribution is 5.60. The average molecular weight is 230 g/mol. The van der Waals surface area contributed by atoms with Crippen molar-refractivity contribution < 1.29 is 9.90 Å². The van der Waals surface area contributed by atoms with E-state index < -0.39 is 0 Å². The van der Waals surface area contributed by atoms with Gasteiger partial charge < -0.3 is 9.90 Å². The normalized spacial score (nSPS) is 35.8. The number of benzene rings is 1. The van der Waals surface area contributed by atoms with Crippen LogP contribution in [0.3, 0.4) is 0 Å². The second kappa shape index (κ2) is 3.59. The molecular formula is C15H18O2. The van der Waals surface area contributed by atoms with Crippen LogP contribution in [0, 0.1) is 5.41 Å². The number of aldehydes is 1. The summed E-state index contributed by atoms with van der Waals surface area (Å²) in [6, 6.07) is 7.68. The summed E-state index contributed by atoms with van der Waals surface area (Å²) in [7, 11) is 0. The lowest BCUT2D eigenvalue weighted by atomic mass is 9.52. The van der Waals surface area contributed by atoms with Crippen molar-refractivity contribution in [3.63, 3.8) is 0 Å². The molecule has 0 aromatic heterocycles. The van der Waals surface area contributed by atoms with Crippen molar-refractivity contribution in [3.05, 3.63) is 29.8 Å². The fourth-order valence-electron chi connectivity index (χ4n) is 3.66. The standard InChI is InChI=1S/C15H18O2/c16-11-14-4-7-15(8-5-14,9-6-14)12-2-1-3-13(17)10-12/h1-3,10-11,17H,4-9H2. The monoisotopic (exact) mass is 230 g/mol. The first-order valence-corrected chi connectivity index (χ1v) is 6.44. The maximum Gasteiger partial charge on any atom is 0.126 e. The number of rotatable bonds is 2. The van der Waals surface area contributed by atoms with Gasteiger partial charge >= 0.3 is 0 Å². The molecule has 0 heterocycles. The van der Waals surface area contributed by atoms with Crippen LogP contribution >= 0.6 is 0 Å². The third-order valence-electron chi connectivity index (χ3n) is 5.01. The molecule has 3 saturated carbocycles. The van der Waals surface area contributed by atoms with E-state index in [4.69, 9.17) is 0 Å². The van der Waals surface area contributed by atoms with Gasteiger partial charge in [0, 0.05) is 5.41 Å². The van der Waals surface area contributed by atoms with Crippen molar-refractivity contribution in [1.82, 2.24) is 0 Å². The van der Waals surface area contributed by atoms with Gasteiger partial charge in [-0.3, -0.25) is 0 Å². The lowest BCUT2D eigenvalue weighted by Gasteiger charge is -2.51. The molecule has 3 aliphatic carbocycles. The molecule has 0 radical (unpaired) electrons. The molecule has 17 heavy (non-hydrogen) atoms. The van der Waals surface area contributed by atoms with Crippen molar-refractivity contribution >= 4 is 6.29 Å². The van der Waals surface area contributed by atoms with Crippen LogP contribution in [-0.2, 0) is 10.2 Å². The van der Waals surface area contributed by atoms with E-state index in [1.165, 1.54) is 11.8 Å². The number of phenolic OH excluding ortho intramolecular Hbond substituents is 1. The van der Waals surface area contributed by atoms with Crippen molar-refractivity contribution in [3.8, 4) is 5.75 Å². The van der Waals surface area contributed by atoms with Gasteiger partial charge in [-0.15, -0.1) is 0 Å². The number of hydrogen-bond acceptors (Lipinski definition) is 2. The minimum absolute atomic E-state index is 0.0153. The zero-order chi connectivity index (χ0) is 11.9. The van der Waals surface area contributed by atoms with Crippen LogP contribution in [-0.4, -0.2) is 11.4 Å². The van der Waals surface area contributed by atoms with Gasteiger partial charge in [0.1, 0.15) is 12.0 Å². The number of hydrogen-bond donors (Lipinski definition) is 1. The lowest BCUT2D eigenvalue weighted by Crippen LogP contribution is -2.44. The molecule has 0 spiro atoms. The summed E-state index contributed by atoms with van der Waals surface area (Å²) in [5.41, 5.74) is 1.47. The molecule has 90 valence electrons. The van der Waals surface area contributed by atoms with Crippen molar-refractivity contribution in [2.45, 2.75) is 43.9 Å². The molecule has 0 unspecified atom stereocenters. The first-order valence-electron chi connectivity index (χ1n) is 6.44. The van der Waals surface area contributed by atoms with Gasteiger partial charge in [-0.05, 0) is 61.6 Å². The molecule has 0 amide bonds. The van der Waals surface area contributed by atoms with E-state index >= 15 is 0 Å². The third-order valence-corrected chi connectivity index (χ3v) is 5.01. The van der Waals surface area contributed by atoms with E-state index in [2.05, 4.69) is 6.07 Å². The Kier molecular flexibility index (Phi) is 2.29. The Morgan fingerprint density at radius 1 is 1.06 bits per heavy atom. The van der Waals surface area contributed by atoms with Crippen LogP contribution in [0.1, 0.15) is 44.1 Å². The zero-order valence-corrected chi connectivity index (χ0v) is 9.98. The molecule has 0 atom stereocenters. The van der Waals surface area contributed by atoms with Gasteiger partial charge in [0.15, 0.2) is 0 Å². The van der Waals surface area contributed by atoms with Crippen molar-refractivity contribution in [2.75, 3.05) is 0 Å². The van der Waals surface area contributed by atoms with Gasteiger partial charge in [0.2, 0.25) is 0 Å². The molecule has 1 aromatic rings. The summed E-state index contributed by atoms with van der Waals surface area (Å²) >= 11 is 0. The largest absolute Gasteiger partial charge is 0.508 e. The van der Waals surface area contributed by atoms with Crippen LogP contribution in [0.15, 0.2) is 24.3 Å². The maximum absolute atomic E-state index is 11.2. The van der Waals surface area contributed by atoms with Crippen LogP contribution in [0.2, 0.25) is 0 Å². The van der Waals surface area contributed by atoms with Gasteiger partial charge in [0.25, 0.3) is 0 Å². The average Bonchev–Trinajstić information content (AvgIpc) is 2.41. The smallest absolute Gasteiger partial charge is 0.126 e. The second-order valence-corrected chi connectivity index (χ2v) is 5.81. The minimum atomic E-state index is -0.0153. The number of fused-ring (bicyclic) bond motifs is 3. The summed E-state index contributed by atoms with van der Waals surface area (Å²) in [6.07, 6.45) is 7.53. The van der Waals surface area contributed by atoms with Crippen molar-refractivity contribution in [2.24, 2.45) is 5.41 Å². The number of phenols is 1. The molecule has 3 aliphatic rings. The van der Waals surface area contributed by atoms with E-state index in [0.29, 0.717) is 5.75 Å². The van der Waals surface area contributed by atoms with Crippen LogP contribution in [0.25, 0.3) is 0 Å². The Morgan fingerprint density at radius 2 is 1.71 bits per heavy atom. The SMILES string of the molecule is O=CC12CCC(c3cccc(O)c3)(CC1)CC2. The highest BCUT2D eigenvalue weighted by Crippen LogP contribution is 2.56. The minimum Gasteiger partial charge on any atom is -0.508 e. The fourth-order valence-corrected chi connectivity index (χ4v) is 3.66. The van der Waals surface area contributed by atoms with E-state index in [1.54, 1.807) is 6.07 Å². The Labute approximate surface area is 102 Å². The van der Waals surface area contributed by atoms with Gasteiger partial charge in [0.05, 0.1) is 0 Å². The summed E-state index contributed by atoms with van der Waals surface area (Å²) in [6.45, 7) is 0. The molecule has 2 nitrogen and oxygen atoms in total. The first-order chi connectivity index (χ1) is 8.18. The van der Waals surface area contributed by atoms with Gasteiger partial charge in [-0.25, -0.2) is 0 Å². The molecule has 0 saturated heterocycles. The summed E-state index contributed by atoms with van der Waals surface area (Å²) in [4.78, 5) is 11.2. The molecule has 1 aromatic carbocycles. The molecule has 0 aliphatic heterocycles.